The highest BCUT2D eigenvalue weighted by atomic mass is 16.7. The summed E-state index contributed by atoms with van der Waals surface area (Å²) in [5, 5.41) is 0. The molecule has 29 heavy (non-hydrogen) atoms. The Morgan fingerprint density at radius 1 is 0.759 bits per heavy atom. The van der Waals surface area contributed by atoms with Gasteiger partial charge in [0.25, 0.3) is 0 Å². The zero-order valence-corrected chi connectivity index (χ0v) is 16.7. The molecule has 3 saturated heterocycles. The molecule has 2 aromatic rings. The fraction of sp³-hybridized carbons (Fsp3) is 0.500. The Kier molecular flexibility index (Phi) is 6.36. The maximum Gasteiger partial charge on any atom is 0.171 e. The van der Waals surface area contributed by atoms with Gasteiger partial charge in [-0.2, -0.15) is 0 Å². The molecule has 0 aliphatic carbocycles. The number of carbonyl (C=O) groups is 1. The molecule has 3 fully saturated rings. The van der Waals surface area contributed by atoms with Gasteiger partial charge in [-0.25, -0.2) is 9.97 Å². The Morgan fingerprint density at radius 2 is 1.28 bits per heavy atom. The Labute approximate surface area is 171 Å². The highest BCUT2D eigenvalue weighted by molar-refractivity contribution is 5.80. The third-order valence-corrected chi connectivity index (χ3v) is 5.61. The van der Waals surface area contributed by atoms with Crippen LogP contribution in [0.2, 0.25) is 0 Å². The van der Waals surface area contributed by atoms with Crippen LogP contribution in [-0.2, 0) is 14.3 Å². The predicted molar refractivity (Wildman–Crippen MR) is 111 cm³/mol. The van der Waals surface area contributed by atoms with Crippen LogP contribution in [0.25, 0.3) is 0 Å². The fourth-order valence-corrected chi connectivity index (χ4v) is 3.93. The number of hydrogen-bond acceptors (Lipinski definition) is 7. The van der Waals surface area contributed by atoms with E-state index in [1.54, 1.807) is 6.20 Å². The second-order valence-electron chi connectivity index (χ2n) is 7.50. The fourth-order valence-electron chi connectivity index (χ4n) is 3.93. The van der Waals surface area contributed by atoms with E-state index in [-0.39, 0.29) is 5.79 Å². The Balaban J connectivity index is 0.000000145. The van der Waals surface area contributed by atoms with Crippen LogP contribution < -0.4 is 9.80 Å². The zero-order valence-electron chi connectivity index (χ0n) is 16.7. The monoisotopic (exact) mass is 396 g/mol. The number of pyridine rings is 2. The van der Waals surface area contributed by atoms with Gasteiger partial charge in [0.1, 0.15) is 17.4 Å². The average Bonchev–Trinajstić information content (AvgIpc) is 3.24. The van der Waals surface area contributed by atoms with Crippen molar-refractivity contribution in [1.82, 2.24) is 9.97 Å². The number of anilines is 2. The zero-order chi connectivity index (χ0) is 19.9. The number of piperidine rings is 2. The van der Waals surface area contributed by atoms with Gasteiger partial charge in [-0.1, -0.05) is 12.1 Å². The van der Waals surface area contributed by atoms with E-state index in [2.05, 4.69) is 19.8 Å². The first-order valence-corrected chi connectivity index (χ1v) is 10.4. The second-order valence-corrected chi connectivity index (χ2v) is 7.50. The summed E-state index contributed by atoms with van der Waals surface area (Å²) in [7, 11) is 0. The summed E-state index contributed by atoms with van der Waals surface area (Å²) >= 11 is 0. The van der Waals surface area contributed by atoms with E-state index < -0.39 is 0 Å². The lowest BCUT2D eigenvalue weighted by molar-refractivity contribution is -0.169. The van der Waals surface area contributed by atoms with Gasteiger partial charge in [0, 0.05) is 64.3 Å². The van der Waals surface area contributed by atoms with Crippen molar-refractivity contribution in [1.29, 1.82) is 0 Å². The topological polar surface area (TPSA) is 67.8 Å². The summed E-state index contributed by atoms with van der Waals surface area (Å²) < 4.78 is 11.4. The molecule has 0 radical (unpaired) electrons. The predicted octanol–water partition coefficient (Wildman–Crippen LogP) is 2.68. The minimum atomic E-state index is -0.286. The molecule has 2 aromatic heterocycles. The third kappa shape index (κ3) is 5.10. The molecule has 7 heteroatoms. The first-order chi connectivity index (χ1) is 14.2. The first-order valence-electron chi connectivity index (χ1n) is 10.4. The maximum absolute atomic E-state index is 11.0. The van der Waals surface area contributed by atoms with E-state index in [0.717, 1.165) is 63.9 Å². The van der Waals surface area contributed by atoms with E-state index in [1.807, 2.05) is 42.6 Å². The number of aromatic nitrogens is 2. The van der Waals surface area contributed by atoms with Crippen LogP contribution in [0.5, 0.6) is 0 Å². The molecule has 5 rings (SSSR count). The van der Waals surface area contributed by atoms with E-state index in [9.17, 15) is 4.79 Å². The quantitative estimate of drug-likeness (QED) is 0.773. The minimum absolute atomic E-state index is 0.286. The van der Waals surface area contributed by atoms with Crippen LogP contribution in [0.15, 0.2) is 48.8 Å². The molecule has 5 heterocycles. The van der Waals surface area contributed by atoms with Crippen molar-refractivity contribution in [2.45, 2.75) is 31.5 Å². The number of ether oxygens (including phenoxy) is 2. The lowest BCUT2D eigenvalue weighted by atomic mass is 10.0. The molecule has 7 nitrogen and oxygen atoms in total. The summed E-state index contributed by atoms with van der Waals surface area (Å²) in [5.41, 5.74) is 0. The number of ketones is 1. The number of hydrogen-bond donors (Lipinski definition) is 0. The van der Waals surface area contributed by atoms with E-state index in [4.69, 9.17) is 9.47 Å². The first kappa shape index (κ1) is 19.8. The summed E-state index contributed by atoms with van der Waals surface area (Å²) in [6.45, 7) is 5.02. The summed E-state index contributed by atoms with van der Waals surface area (Å²) in [5.74, 6) is 2.11. The molecule has 3 aliphatic heterocycles. The lowest BCUT2D eigenvalue weighted by Gasteiger charge is -2.38. The maximum atomic E-state index is 11.0. The van der Waals surface area contributed by atoms with Crippen LogP contribution in [0, 0.1) is 0 Å². The molecular weight excluding hydrogens is 368 g/mol. The number of carbonyl (C=O) groups excluding carboxylic acids is 1. The van der Waals surface area contributed by atoms with Crippen LogP contribution >= 0.6 is 0 Å². The molecule has 0 unspecified atom stereocenters. The summed E-state index contributed by atoms with van der Waals surface area (Å²) in [6.07, 6.45) is 6.81. The Bertz CT molecular complexity index is 761. The van der Waals surface area contributed by atoms with Crippen molar-refractivity contribution in [3.05, 3.63) is 48.8 Å². The molecule has 0 amide bonds. The van der Waals surface area contributed by atoms with Gasteiger partial charge in [0.15, 0.2) is 5.79 Å². The van der Waals surface area contributed by atoms with Crippen LogP contribution in [0.4, 0.5) is 11.6 Å². The Morgan fingerprint density at radius 3 is 1.76 bits per heavy atom. The summed E-state index contributed by atoms with van der Waals surface area (Å²) in [6, 6.07) is 11.9. The van der Waals surface area contributed by atoms with Crippen molar-refractivity contribution in [3.8, 4) is 0 Å². The van der Waals surface area contributed by atoms with E-state index >= 15 is 0 Å². The van der Waals surface area contributed by atoms with Gasteiger partial charge < -0.3 is 19.3 Å². The van der Waals surface area contributed by atoms with Gasteiger partial charge in [0.05, 0.1) is 13.2 Å². The smallest absolute Gasteiger partial charge is 0.171 e. The molecule has 3 aliphatic rings. The van der Waals surface area contributed by atoms with Crippen LogP contribution in [-0.4, -0.2) is 60.9 Å². The summed E-state index contributed by atoms with van der Waals surface area (Å²) in [4.78, 5) is 24.0. The number of rotatable bonds is 2. The van der Waals surface area contributed by atoms with Gasteiger partial charge in [0.2, 0.25) is 0 Å². The second kappa shape index (κ2) is 9.33. The molecule has 154 valence electrons. The normalized spacial score (nSPS) is 21.0. The van der Waals surface area contributed by atoms with Crippen LogP contribution in [0.1, 0.15) is 25.7 Å². The van der Waals surface area contributed by atoms with Crippen molar-refractivity contribution >= 4 is 17.4 Å². The molecule has 0 saturated carbocycles. The lowest BCUT2D eigenvalue weighted by Crippen LogP contribution is -2.45. The molecule has 0 N–H and O–H groups in total. The number of nitrogens with zero attached hydrogens (tertiary/aromatic N) is 4. The third-order valence-electron chi connectivity index (χ3n) is 5.61. The molecular formula is C22H28N4O3. The van der Waals surface area contributed by atoms with Crippen molar-refractivity contribution in [2.24, 2.45) is 0 Å². The van der Waals surface area contributed by atoms with E-state index in [0.29, 0.717) is 18.6 Å². The Hall–Kier alpha value is -2.51. The van der Waals surface area contributed by atoms with Crippen molar-refractivity contribution < 1.29 is 14.3 Å². The van der Waals surface area contributed by atoms with Crippen molar-refractivity contribution in [2.75, 3.05) is 49.2 Å². The van der Waals surface area contributed by atoms with Gasteiger partial charge in [-0.15, -0.1) is 0 Å². The van der Waals surface area contributed by atoms with Crippen molar-refractivity contribution in [3.63, 3.8) is 0 Å². The highest BCUT2D eigenvalue weighted by Gasteiger charge is 2.39. The highest BCUT2D eigenvalue weighted by Crippen LogP contribution is 2.32. The minimum Gasteiger partial charge on any atom is -0.356 e. The van der Waals surface area contributed by atoms with Gasteiger partial charge >= 0.3 is 0 Å². The SMILES string of the molecule is O=C1CCN(c2ccccn2)CC1.c1ccc(N2CCC3(CC2)OCCO3)nc1. The molecule has 0 atom stereocenters. The van der Waals surface area contributed by atoms with Crippen LogP contribution in [0.3, 0.4) is 0 Å². The average molecular weight is 396 g/mol. The standard InChI is InChI=1S/C12H16N2O2.C10H12N2O/c1-2-6-13-11(3-1)14-7-4-12(5-8-14)15-9-10-16-12;13-9-4-7-12(8-5-9)10-3-1-2-6-11-10/h1-3,6H,4-5,7-10H2;1-3,6H,4-5,7-8H2. The molecule has 0 bridgehead atoms. The van der Waals surface area contributed by atoms with E-state index in [1.165, 1.54) is 0 Å². The molecule has 1 spiro atoms. The number of Topliss-reactive ketones (excluding diaryl/α,β-unsaturated/α-hetero) is 1. The molecule has 0 aromatic carbocycles. The van der Waals surface area contributed by atoms with Gasteiger partial charge in [-0.3, -0.25) is 4.79 Å². The van der Waals surface area contributed by atoms with Gasteiger partial charge in [-0.05, 0) is 24.3 Å². The largest absolute Gasteiger partial charge is 0.356 e.